The van der Waals surface area contributed by atoms with Crippen LogP contribution < -0.4 is 9.62 Å². The molecule has 0 saturated heterocycles. The number of nitrogens with zero attached hydrogens (tertiary/aromatic N) is 1. The van der Waals surface area contributed by atoms with Crippen molar-refractivity contribution in [2.24, 2.45) is 0 Å². The molecule has 0 bridgehead atoms. The highest BCUT2D eigenvalue weighted by molar-refractivity contribution is 7.89. The van der Waals surface area contributed by atoms with Gasteiger partial charge in [-0.05, 0) is 63.6 Å². The summed E-state index contributed by atoms with van der Waals surface area (Å²) >= 11 is 0. The molecule has 3 rings (SSSR count). The molecule has 0 spiro atoms. The van der Waals surface area contributed by atoms with Crippen LogP contribution in [0.4, 0.5) is 5.69 Å². The number of carbonyl (C=O) groups excluding carboxylic acids is 2. The third-order valence-corrected chi connectivity index (χ3v) is 6.19. The predicted octanol–water partition coefficient (Wildman–Crippen LogP) is 1.95. The first-order valence-corrected chi connectivity index (χ1v) is 9.74. The lowest BCUT2D eigenvalue weighted by Crippen LogP contribution is -2.29. The molecule has 2 aromatic rings. The molecule has 1 aromatic heterocycles. The van der Waals surface area contributed by atoms with Gasteiger partial charge in [-0.2, -0.15) is 0 Å². The van der Waals surface area contributed by atoms with Crippen molar-refractivity contribution in [3.63, 3.8) is 0 Å². The molecule has 1 aliphatic rings. The molecule has 7 nitrogen and oxygen atoms in total. The highest BCUT2D eigenvalue weighted by Crippen LogP contribution is 2.32. The van der Waals surface area contributed by atoms with Gasteiger partial charge >= 0.3 is 0 Å². The van der Waals surface area contributed by atoms with E-state index in [1.54, 1.807) is 30.9 Å². The third-order valence-electron chi connectivity index (χ3n) is 4.77. The monoisotopic (exact) mass is 375 g/mol. The number of benzene rings is 1. The normalized spacial score (nSPS) is 13.8. The van der Waals surface area contributed by atoms with Crippen LogP contribution in [0, 0.1) is 13.8 Å². The van der Waals surface area contributed by atoms with Crippen LogP contribution in [0.5, 0.6) is 0 Å². The standard InChI is InChI=1S/C18H21N3O4S/c1-10-16(12(3)22)11(2)20-17(10)18(23)21-8-7-13-9-14(5-6-15(13)21)26(24,25)19-4/h5-6,9,19-20H,7-8H2,1-4H3. The van der Waals surface area contributed by atoms with Gasteiger partial charge in [0.1, 0.15) is 5.69 Å². The largest absolute Gasteiger partial charge is 0.354 e. The molecule has 1 amide bonds. The second kappa shape index (κ2) is 6.37. The summed E-state index contributed by atoms with van der Waals surface area (Å²) in [4.78, 5) is 29.6. The second-order valence-corrected chi connectivity index (χ2v) is 8.27. The van der Waals surface area contributed by atoms with E-state index in [1.807, 2.05) is 0 Å². The Labute approximate surface area is 152 Å². The van der Waals surface area contributed by atoms with Crippen LogP contribution in [0.2, 0.25) is 0 Å². The molecule has 138 valence electrons. The highest BCUT2D eigenvalue weighted by Gasteiger charge is 2.30. The molecule has 8 heteroatoms. The number of H-pyrrole nitrogens is 1. The Kier molecular flexibility index (Phi) is 4.49. The fourth-order valence-corrected chi connectivity index (χ4v) is 4.28. The molecule has 26 heavy (non-hydrogen) atoms. The fraction of sp³-hybridized carbons (Fsp3) is 0.333. The van der Waals surface area contributed by atoms with Crippen molar-refractivity contribution in [1.82, 2.24) is 9.71 Å². The summed E-state index contributed by atoms with van der Waals surface area (Å²) in [7, 11) is -2.16. The Balaban J connectivity index is 1.99. The van der Waals surface area contributed by atoms with Crippen LogP contribution in [0.3, 0.4) is 0 Å². The number of sulfonamides is 1. The van der Waals surface area contributed by atoms with E-state index >= 15 is 0 Å². The summed E-state index contributed by atoms with van der Waals surface area (Å²) in [6, 6.07) is 4.74. The van der Waals surface area contributed by atoms with Crippen molar-refractivity contribution >= 4 is 27.4 Å². The van der Waals surface area contributed by atoms with Crippen molar-refractivity contribution in [1.29, 1.82) is 0 Å². The summed E-state index contributed by atoms with van der Waals surface area (Å²) in [5.74, 6) is -0.305. The van der Waals surface area contributed by atoms with Crippen LogP contribution in [-0.4, -0.2) is 38.7 Å². The second-order valence-electron chi connectivity index (χ2n) is 6.39. The zero-order valence-corrected chi connectivity index (χ0v) is 16.0. The number of rotatable bonds is 4. The first kappa shape index (κ1) is 18.3. The van der Waals surface area contributed by atoms with Gasteiger partial charge in [0.05, 0.1) is 4.90 Å². The lowest BCUT2D eigenvalue weighted by Gasteiger charge is -2.17. The summed E-state index contributed by atoms with van der Waals surface area (Å²) < 4.78 is 26.2. The lowest BCUT2D eigenvalue weighted by molar-refractivity contribution is 0.0984. The van der Waals surface area contributed by atoms with Gasteiger partial charge in [-0.25, -0.2) is 13.1 Å². The quantitative estimate of drug-likeness (QED) is 0.798. The Hall–Kier alpha value is -2.45. The Morgan fingerprint density at radius 3 is 2.50 bits per heavy atom. The molecule has 0 saturated carbocycles. The number of ketones is 1. The van der Waals surface area contributed by atoms with E-state index in [1.165, 1.54) is 20.0 Å². The maximum absolute atomic E-state index is 13.0. The molecular formula is C18H21N3O4S. The Morgan fingerprint density at radius 1 is 1.23 bits per heavy atom. The Bertz CT molecular complexity index is 1020. The molecule has 1 aromatic carbocycles. The number of carbonyl (C=O) groups is 2. The van der Waals surface area contributed by atoms with Gasteiger partial charge in [0, 0.05) is 23.5 Å². The van der Waals surface area contributed by atoms with E-state index in [-0.39, 0.29) is 16.6 Å². The van der Waals surface area contributed by atoms with Crippen LogP contribution in [-0.2, 0) is 16.4 Å². The van der Waals surface area contributed by atoms with Gasteiger partial charge < -0.3 is 9.88 Å². The summed E-state index contributed by atoms with van der Waals surface area (Å²) in [5, 5.41) is 0. The maximum atomic E-state index is 13.0. The third kappa shape index (κ3) is 2.85. The van der Waals surface area contributed by atoms with E-state index in [2.05, 4.69) is 9.71 Å². The summed E-state index contributed by atoms with van der Waals surface area (Å²) in [6.07, 6.45) is 0.576. The van der Waals surface area contributed by atoms with E-state index in [0.717, 1.165) is 5.56 Å². The average molecular weight is 375 g/mol. The molecule has 0 radical (unpaired) electrons. The Morgan fingerprint density at radius 2 is 1.92 bits per heavy atom. The van der Waals surface area contributed by atoms with Crippen molar-refractivity contribution < 1.29 is 18.0 Å². The summed E-state index contributed by atoms with van der Waals surface area (Å²) in [5.41, 5.74) is 3.76. The van der Waals surface area contributed by atoms with E-state index in [9.17, 15) is 18.0 Å². The topological polar surface area (TPSA) is 99.3 Å². The van der Waals surface area contributed by atoms with Gasteiger partial charge in [0.25, 0.3) is 5.91 Å². The molecule has 0 fully saturated rings. The maximum Gasteiger partial charge on any atom is 0.275 e. The van der Waals surface area contributed by atoms with Crippen LogP contribution in [0.1, 0.15) is 44.6 Å². The van der Waals surface area contributed by atoms with Crippen molar-refractivity contribution in [3.8, 4) is 0 Å². The number of aromatic nitrogens is 1. The van der Waals surface area contributed by atoms with Gasteiger partial charge in [0.2, 0.25) is 10.0 Å². The van der Waals surface area contributed by atoms with E-state index in [4.69, 9.17) is 0 Å². The minimum absolute atomic E-state index is 0.0842. The number of hydrogen-bond donors (Lipinski definition) is 2. The molecule has 1 aliphatic heterocycles. The number of aromatic amines is 1. The number of nitrogens with one attached hydrogen (secondary N) is 2. The number of hydrogen-bond acceptors (Lipinski definition) is 4. The number of amides is 1. The molecule has 2 N–H and O–H groups in total. The van der Waals surface area contributed by atoms with E-state index in [0.29, 0.717) is 41.2 Å². The van der Waals surface area contributed by atoms with E-state index < -0.39 is 10.0 Å². The van der Waals surface area contributed by atoms with Crippen molar-refractivity contribution in [2.75, 3.05) is 18.5 Å². The fourth-order valence-electron chi connectivity index (χ4n) is 3.50. The van der Waals surface area contributed by atoms with Crippen molar-refractivity contribution in [2.45, 2.75) is 32.1 Å². The number of Topliss-reactive ketones (excluding diaryl/α,β-unsaturated/α-hetero) is 1. The molecule has 0 aliphatic carbocycles. The van der Waals surface area contributed by atoms with Gasteiger partial charge in [0.15, 0.2) is 5.78 Å². The smallest absolute Gasteiger partial charge is 0.275 e. The average Bonchev–Trinajstić information content (AvgIpc) is 3.14. The minimum Gasteiger partial charge on any atom is -0.354 e. The van der Waals surface area contributed by atoms with Crippen molar-refractivity contribution in [3.05, 3.63) is 46.3 Å². The van der Waals surface area contributed by atoms with Crippen LogP contribution in [0.15, 0.2) is 23.1 Å². The first-order valence-electron chi connectivity index (χ1n) is 8.25. The van der Waals surface area contributed by atoms with Gasteiger partial charge in [-0.1, -0.05) is 0 Å². The van der Waals surface area contributed by atoms with Gasteiger partial charge in [-0.15, -0.1) is 0 Å². The van der Waals surface area contributed by atoms with Gasteiger partial charge in [-0.3, -0.25) is 9.59 Å². The lowest BCUT2D eigenvalue weighted by atomic mass is 10.1. The SMILES string of the molecule is CNS(=O)(=O)c1ccc2c(c1)CCN2C(=O)c1[nH]c(C)c(C(C)=O)c1C. The van der Waals surface area contributed by atoms with Crippen LogP contribution >= 0.6 is 0 Å². The zero-order valence-electron chi connectivity index (χ0n) is 15.1. The van der Waals surface area contributed by atoms with Crippen LogP contribution in [0.25, 0.3) is 0 Å². The molecule has 0 unspecified atom stereocenters. The number of fused-ring (bicyclic) bond motifs is 1. The minimum atomic E-state index is -3.53. The first-order chi connectivity index (χ1) is 12.2. The number of anilines is 1. The number of aryl methyl sites for hydroxylation is 1. The predicted molar refractivity (Wildman–Crippen MR) is 98.3 cm³/mol. The molecule has 0 atom stereocenters. The summed E-state index contributed by atoms with van der Waals surface area (Å²) in [6.45, 7) is 5.47. The molecular weight excluding hydrogens is 354 g/mol. The molecule has 2 heterocycles. The highest BCUT2D eigenvalue weighted by atomic mass is 32.2. The zero-order chi connectivity index (χ0) is 19.2.